The van der Waals surface area contributed by atoms with Crippen LogP contribution in [0.4, 0.5) is 13.2 Å². The number of aromatic nitrogens is 2. The van der Waals surface area contributed by atoms with Gasteiger partial charge in [0.15, 0.2) is 5.69 Å². The second-order valence-electron chi connectivity index (χ2n) is 4.22. The predicted molar refractivity (Wildman–Crippen MR) is 55.3 cm³/mol. The quantitative estimate of drug-likeness (QED) is 0.881. The topological polar surface area (TPSA) is 43.8 Å². The first-order valence-electron chi connectivity index (χ1n) is 4.61. The maximum atomic E-state index is 12.7. The van der Waals surface area contributed by atoms with Crippen molar-refractivity contribution in [2.45, 2.75) is 25.4 Å². The molecule has 0 unspecified atom stereocenters. The van der Waals surface area contributed by atoms with Gasteiger partial charge in [0.25, 0.3) is 0 Å². The summed E-state index contributed by atoms with van der Waals surface area (Å²) in [6, 6.07) is 0. The normalized spacial score (nSPS) is 13.2. The van der Waals surface area contributed by atoms with E-state index in [9.17, 15) is 13.2 Å². The summed E-state index contributed by atoms with van der Waals surface area (Å²) in [6.07, 6.45) is -4.52. The molecule has 0 spiro atoms. The Labute approximate surface area is 96.4 Å². The van der Waals surface area contributed by atoms with Gasteiger partial charge in [-0.1, -0.05) is 25.4 Å². The molecule has 0 amide bonds. The van der Waals surface area contributed by atoms with E-state index in [1.807, 2.05) is 0 Å². The number of hydrogen-bond donors (Lipinski definition) is 1. The molecule has 1 rings (SSSR count). The van der Waals surface area contributed by atoms with Crippen LogP contribution >= 0.6 is 11.6 Å². The number of alkyl halides is 3. The Hall–Kier alpha value is -0.750. The Morgan fingerprint density at radius 1 is 1.38 bits per heavy atom. The van der Waals surface area contributed by atoms with E-state index in [-0.39, 0.29) is 17.3 Å². The van der Waals surface area contributed by atoms with Crippen molar-refractivity contribution in [3.8, 4) is 0 Å². The van der Waals surface area contributed by atoms with Crippen LogP contribution in [0.1, 0.15) is 25.1 Å². The SMILES string of the molecule is Cn1nc(C(F)(F)F)c(C(C)(C)CN)c1Cl. The molecule has 0 aliphatic carbocycles. The molecule has 0 fully saturated rings. The summed E-state index contributed by atoms with van der Waals surface area (Å²) >= 11 is 5.83. The van der Waals surface area contributed by atoms with Crippen molar-refractivity contribution in [3.63, 3.8) is 0 Å². The van der Waals surface area contributed by atoms with E-state index in [0.29, 0.717) is 0 Å². The zero-order chi connectivity index (χ0) is 12.7. The van der Waals surface area contributed by atoms with Crippen molar-refractivity contribution < 1.29 is 13.2 Å². The van der Waals surface area contributed by atoms with E-state index in [2.05, 4.69) is 5.10 Å². The fourth-order valence-corrected chi connectivity index (χ4v) is 1.79. The van der Waals surface area contributed by atoms with Gasteiger partial charge in [-0.15, -0.1) is 0 Å². The molecule has 0 saturated carbocycles. The number of hydrogen-bond acceptors (Lipinski definition) is 2. The molecule has 0 bridgehead atoms. The van der Waals surface area contributed by atoms with Crippen LogP contribution in [-0.4, -0.2) is 16.3 Å². The molecular formula is C9H13ClF3N3. The molecule has 0 atom stereocenters. The third-order valence-electron chi connectivity index (χ3n) is 2.43. The van der Waals surface area contributed by atoms with Gasteiger partial charge in [0.05, 0.1) is 0 Å². The smallest absolute Gasteiger partial charge is 0.330 e. The predicted octanol–water partition coefficient (Wildman–Crippen LogP) is 2.33. The van der Waals surface area contributed by atoms with E-state index < -0.39 is 17.3 Å². The number of nitrogens with two attached hydrogens (primary N) is 1. The van der Waals surface area contributed by atoms with Crippen molar-refractivity contribution in [1.82, 2.24) is 9.78 Å². The number of aryl methyl sites for hydroxylation is 1. The molecule has 1 aromatic rings. The van der Waals surface area contributed by atoms with Crippen LogP contribution < -0.4 is 5.73 Å². The van der Waals surface area contributed by atoms with Crippen molar-refractivity contribution >= 4 is 11.6 Å². The van der Waals surface area contributed by atoms with E-state index in [1.165, 1.54) is 7.05 Å². The van der Waals surface area contributed by atoms with Crippen molar-refractivity contribution in [2.24, 2.45) is 12.8 Å². The average Bonchev–Trinajstić information content (AvgIpc) is 2.43. The average molecular weight is 256 g/mol. The Morgan fingerprint density at radius 2 is 1.88 bits per heavy atom. The molecule has 1 heterocycles. The third-order valence-corrected chi connectivity index (χ3v) is 2.87. The molecule has 0 aromatic carbocycles. The summed E-state index contributed by atoms with van der Waals surface area (Å²) in [6.45, 7) is 3.26. The minimum atomic E-state index is -4.52. The molecule has 0 aliphatic rings. The molecule has 0 saturated heterocycles. The molecule has 16 heavy (non-hydrogen) atoms. The van der Waals surface area contributed by atoms with Gasteiger partial charge in [-0.2, -0.15) is 18.3 Å². The lowest BCUT2D eigenvalue weighted by molar-refractivity contribution is -0.142. The molecule has 0 aliphatic heterocycles. The van der Waals surface area contributed by atoms with Gasteiger partial charge in [0, 0.05) is 24.6 Å². The van der Waals surface area contributed by atoms with Gasteiger partial charge < -0.3 is 5.73 Å². The monoisotopic (exact) mass is 255 g/mol. The van der Waals surface area contributed by atoms with Gasteiger partial charge in [-0.05, 0) is 0 Å². The lowest BCUT2D eigenvalue weighted by atomic mass is 9.85. The summed E-state index contributed by atoms with van der Waals surface area (Å²) in [7, 11) is 1.37. The van der Waals surface area contributed by atoms with E-state index in [4.69, 9.17) is 17.3 Å². The van der Waals surface area contributed by atoms with E-state index >= 15 is 0 Å². The second-order valence-corrected chi connectivity index (χ2v) is 4.58. The van der Waals surface area contributed by atoms with Crippen LogP contribution in [0.3, 0.4) is 0 Å². The number of nitrogens with zero attached hydrogens (tertiary/aromatic N) is 2. The number of halogens is 4. The second kappa shape index (κ2) is 3.92. The zero-order valence-electron chi connectivity index (χ0n) is 9.19. The summed E-state index contributed by atoms with van der Waals surface area (Å²) < 4.78 is 39.2. The fraction of sp³-hybridized carbons (Fsp3) is 0.667. The van der Waals surface area contributed by atoms with Crippen LogP contribution in [0, 0.1) is 0 Å². The molecule has 0 radical (unpaired) electrons. The minimum absolute atomic E-state index is 0.0252. The maximum Gasteiger partial charge on any atom is 0.435 e. The molecule has 3 nitrogen and oxygen atoms in total. The van der Waals surface area contributed by atoms with E-state index in [1.54, 1.807) is 13.8 Å². The largest absolute Gasteiger partial charge is 0.435 e. The Bertz CT molecular complexity index is 395. The van der Waals surface area contributed by atoms with Crippen LogP contribution in [-0.2, 0) is 18.6 Å². The first-order valence-corrected chi connectivity index (χ1v) is 4.99. The summed E-state index contributed by atoms with van der Waals surface area (Å²) in [5.74, 6) is 0. The minimum Gasteiger partial charge on any atom is -0.330 e. The Kier molecular flexibility index (Phi) is 3.27. The van der Waals surface area contributed by atoms with E-state index in [0.717, 1.165) is 4.68 Å². The summed E-state index contributed by atoms with van der Waals surface area (Å²) in [5, 5.41) is 3.37. The lowest BCUT2D eigenvalue weighted by Crippen LogP contribution is -2.30. The highest BCUT2D eigenvalue weighted by Crippen LogP contribution is 2.40. The standard InChI is InChI=1S/C9H13ClF3N3/c1-8(2,4-14)5-6(9(11,12)13)15-16(3)7(5)10/h4,14H2,1-3H3. The molecule has 2 N–H and O–H groups in total. The van der Waals surface area contributed by atoms with Crippen LogP contribution in [0.5, 0.6) is 0 Å². The lowest BCUT2D eigenvalue weighted by Gasteiger charge is -2.23. The number of rotatable bonds is 2. The van der Waals surface area contributed by atoms with Crippen LogP contribution in [0.25, 0.3) is 0 Å². The van der Waals surface area contributed by atoms with Gasteiger partial charge >= 0.3 is 6.18 Å². The Morgan fingerprint density at radius 3 is 2.25 bits per heavy atom. The first-order chi connectivity index (χ1) is 7.11. The van der Waals surface area contributed by atoms with Gasteiger partial charge in [0.1, 0.15) is 5.15 Å². The molecule has 92 valence electrons. The third kappa shape index (κ3) is 2.17. The highest BCUT2D eigenvalue weighted by Gasteiger charge is 2.42. The molecule has 7 heteroatoms. The maximum absolute atomic E-state index is 12.7. The highest BCUT2D eigenvalue weighted by atomic mass is 35.5. The summed E-state index contributed by atoms with van der Waals surface area (Å²) in [4.78, 5) is 0. The van der Waals surface area contributed by atoms with Gasteiger partial charge in [-0.3, -0.25) is 4.68 Å². The first kappa shape index (κ1) is 13.3. The summed E-state index contributed by atoms with van der Waals surface area (Å²) in [5.41, 5.74) is 3.59. The molecular weight excluding hydrogens is 243 g/mol. The van der Waals surface area contributed by atoms with Gasteiger partial charge in [-0.25, -0.2) is 0 Å². The van der Waals surface area contributed by atoms with Crippen LogP contribution in [0.2, 0.25) is 5.15 Å². The highest BCUT2D eigenvalue weighted by molar-refractivity contribution is 6.30. The Balaban J connectivity index is 3.48. The van der Waals surface area contributed by atoms with Crippen molar-refractivity contribution in [2.75, 3.05) is 6.54 Å². The molecule has 1 aromatic heterocycles. The zero-order valence-corrected chi connectivity index (χ0v) is 9.95. The van der Waals surface area contributed by atoms with Crippen molar-refractivity contribution in [3.05, 3.63) is 16.4 Å². The van der Waals surface area contributed by atoms with Gasteiger partial charge in [0.2, 0.25) is 0 Å². The van der Waals surface area contributed by atoms with Crippen LogP contribution in [0.15, 0.2) is 0 Å². The van der Waals surface area contributed by atoms with Crippen molar-refractivity contribution in [1.29, 1.82) is 0 Å². The fourth-order valence-electron chi connectivity index (χ4n) is 1.40.